The molecule has 0 radical (unpaired) electrons. The van der Waals surface area contributed by atoms with E-state index < -0.39 is 10.0 Å². The lowest BCUT2D eigenvalue weighted by molar-refractivity contribution is 0.0950. The van der Waals surface area contributed by atoms with Gasteiger partial charge >= 0.3 is 0 Å². The Hall–Kier alpha value is -3.32. The molecule has 3 rings (SSSR count). The van der Waals surface area contributed by atoms with Crippen molar-refractivity contribution in [2.75, 3.05) is 22.7 Å². The molecule has 0 unspecified atom stereocenters. The van der Waals surface area contributed by atoms with Crippen molar-refractivity contribution in [2.45, 2.75) is 46.1 Å². The molecule has 0 heterocycles. The SMILES string of the molecule is CCN(CC)c1ccc(CNC(=O)c2ccc(C)c(S(=O)(=O)Nc3cc(C)ccc3C)c2)cc1. The van der Waals surface area contributed by atoms with Gasteiger partial charge in [-0.1, -0.05) is 30.3 Å². The first-order valence-corrected chi connectivity index (χ1v) is 13.0. The van der Waals surface area contributed by atoms with Crippen LogP contribution in [0.1, 0.15) is 46.5 Å². The van der Waals surface area contributed by atoms with E-state index in [9.17, 15) is 13.2 Å². The van der Waals surface area contributed by atoms with Crippen molar-refractivity contribution in [3.05, 3.63) is 88.5 Å². The predicted molar refractivity (Wildman–Crippen MR) is 139 cm³/mol. The average molecular weight is 480 g/mol. The van der Waals surface area contributed by atoms with Crippen molar-refractivity contribution in [2.24, 2.45) is 0 Å². The van der Waals surface area contributed by atoms with Crippen LogP contribution >= 0.6 is 0 Å². The second-order valence-corrected chi connectivity index (χ2v) is 10.1. The molecule has 180 valence electrons. The van der Waals surface area contributed by atoms with Gasteiger partial charge in [0.25, 0.3) is 15.9 Å². The number of hydrogen-bond donors (Lipinski definition) is 2. The Morgan fingerprint density at radius 2 is 1.50 bits per heavy atom. The average Bonchev–Trinajstić information content (AvgIpc) is 2.81. The van der Waals surface area contributed by atoms with E-state index in [1.54, 1.807) is 25.1 Å². The van der Waals surface area contributed by atoms with Gasteiger partial charge in [-0.05, 0) is 87.2 Å². The highest BCUT2D eigenvalue weighted by atomic mass is 32.2. The van der Waals surface area contributed by atoms with Crippen LogP contribution in [-0.4, -0.2) is 27.4 Å². The van der Waals surface area contributed by atoms with Crippen LogP contribution in [0.4, 0.5) is 11.4 Å². The third kappa shape index (κ3) is 5.97. The van der Waals surface area contributed by atoms with E-state index in [0.717, 1.165) is 35.5 Å². The highest BCUT2D eigenvalue weighted by Gasteiger charge is 2.20. The highest BCUT2D eigenvalue weighted by Crippen LogP contribution is 2.24. The Labute approximate surface area is 203 Å². The molecule has 0 spiro atoms. The minimum Gasteiger partial charge on any atom is -0.372 e. The summed E-state index contributed by atoms with van der Waals surface area (Å²) >= 11 is 0. The second kappa shape index (κ2) is 10.7. The van der Waals surface area contributed by atoms with E-state index in [-0.39, 0.29) is 10.8 Å². The van der Waals surface area contributed by atoms with Crippen LogP contribution in [0.3, 0.4) is 0 Å². The maximum Gasteiger partial charge on any atom is 0.262 e. The van der Waals surface area contributed by atoms with E-state index in [4.69, 9.17) is 0 Å². The molecule has 0 saturated carbocycles. The summed E-state index contributed by atoms with van der Waals surface area (Å²) < 4.78 is 28.9. The number of sulfonamides is 1. The molecular formula is C27H33N3O3S. The van der Waals surface area contributed by atoms with Crippen molar-refractivity contribution in [1.82, 2.24) is 5.32 Å². The van der Waals surface area contributed by atoms with Crippen molar-refractivity contribution < 1.29 is 13.2 Å². The standard InChI is InChI=1S/C27H33N3O3S/c1-6-30(7-2)24-14-11-22(12-15-24)18-28-27(31)23-13-10-21(5)26(17-23)34(32,33)29-25-16-19(3)8-9-20(25)4/h8-17,29H,6-7,18H2,1-5H3,(H,28,31). The molecule has 0 aliphatic heterocycles. The zero-order valence-electron chi connectivity index (χ0n) is 20.5. The van der Waals surface area contributed by atoms with Crippen LogP contribution in [0, 0.1) is 20.8 Å². The number of amides is 1. The largest absolute Gasteiger partial charge is 0.372 e. The molecular weight excluding hydrogens is 446 g/mol. The maximum absolute atomic E-state index is 13.1. The summed E-state index contributed by atoms with van der Waals surface area (Å²) in [7, 11) is -3.86. The minimum absolute atomic E-state index is 0.0876. The van der Waals surface area contributed by atoms with Crippen molar-refractivity contribution >= 4 is 27.3 Å². The van der Waals surface area contributed by atoms with Crippen LogP contribution in [0.25, 0.3) is 0 Å². The Morgan fingerprint density at radius 3 is 2.15 bits per heavy atom. The third-order valence-electron chi connectivity index (χ3n) is 5.90. The lowest BCUT2D eigenvalue weighted by atomic mass is 10.1. The first kappa shape index (κ1) is 25.3. The van der Waals surface area contributed by atoms with Gasteiger partial charge in [-0.3, -0.25) is 9.52 Å². The van der Waals surface area contributed by atoms with Crippen molar-refractivity contribution in [3.63, 3.8) is 0 Å². The van der Waals surface area contributed by atoms with Gasteiger partial charge in [0, 0.05) is 30.9 Å². The summed E-state index contributed by atoms with van der Waals surface area (Å²) in [6.07, 6.45) is 0. The van der Waals surface area contributed by atoms with E-state index in [1.165, 1.54) is 6.07 Å². The lowest BCUT2D eigenvalue weighted by Crippen LogP contribution is -2.24. The summed E-state index contributed by atoms with van der Waals surface area (Å²) in [5, 5.41) is 2.89. The van der Waals surface area contributed by atoms with Gasteiger partial charge in [-0.15, -0.1) is 0 Å². The molecule has 1 amide bonds. The third-order valence-corrected chi connectivity index (χ3v) is 7.40. The van der Waals surface area contributed by atoms with Gasteiger partial charge in [0.2, 0.25) is 0 Å². The molecule has 0 aromatic heterocycles. The molecule has 0 fully saturated rings. The molecule has 3 aromatic carbocycles. The fourth-order valence-electron chi connectivity index (χ4n) is 3.77. The molecule has 0 atom stereocenters. The summed E-state index contributed by atoms with van der Waals surface area (Å²) in [5.41, 5.74) is 5.30. The molecule has 0 aliphatic carbocycles. The van der Waals surface area contributed by atoms with Crippen molar-refractivity contribution in [3.8, 4) is 0 Å². The number of aryl methyl sites for hydroxylation is 3. The van der Waals surface area contributed by atoms with Crippen LogP contribution in [-0.2, 0) is 16.6 Å². The topological polar surface area (TPSA) is 78.5 Å². The minimum atomic E-state index is -3.86. The molecule has 3 aromatic rings. The van der Waals surface area contributed by atoms with Gasteiger partial charge in [0.15, 0.2) is 0 Å². The zero-order chi connectivity index (χ0) is 24.9. The maximum atomic E-state index is 13.1. The van der Waals surface area contributed by atoms with Gasteiger partial charge in [-0.2, -0.15) is 0 Å². The lowest BCUT2D eigenvalue weighted by Gasteiger charge is -2.21. The molecule has 0 bridgehead atoms. The second-order valence-electron chi connectivity index (χ2n) is 8.43. The highest BCUT2D eigenvalue weighted by molar-refractivity contribution is 7.92. The van der Waals surface area contributed by atoms with E-state index in [2.05, 4.69) is 28.8 Å². The number of nitrogens with zero attached hydrogens (tertiary/aromatic N) is 1. The molecule has 34 heavy (non-hydrogen) atoms. The number of hydrogen-bond acceptors (Lipinski definition) is 4. The van der Waals surface area contributed by atoms with Gasteiger partial charge in [-0.25, -0.2) is 8.42 Å². The first-order valence-electron chi connectivity index (χ1n) is 11.5. The first-order chi connectivity index (χ1) is 16.1. The Kier molecular flexibility index (Phi) is 7.99. The van der Waals surface area contributed by atoms with Gasteiger partial charge in [0.05, 0.1) is 10.6 Å². The Morgan fingerprint density at radius 1 is 0.853 bits per heavy atom. The molecule has 6 nitrogen and oxygen atoms in total. The number of carbonyl (C=O) groups is 1. The monoisotopic (exact) mass is 479 g/mol. The van der Waals surface area contributed by atoms with Crippen LogP contribution in [0.2, 0.25) is 0 Å². The van der Waals surface area contributed by atoms with E-state index >= 15 is 0 Å². The molecule has 0 aliphatic rings. The van der Waals surface area contributed by atoms with Crippen LogP contribution in [0.5, 0.6) is 0 Å². The zero-order valence-corrected chi connectivity index (χ0v) is 21.3. The summed E-state index contributed by atoms with van der Waals surface area (Å²) in [6, 6.07) is 18.4. The number of benzene rings is 3. The van der Waals surface area contributed by atoms with E-state index in [1.807, 2.05) is 50.2 Å². The van der Waals surface area contributed by atoms with Crippen LogP contribution in [0.15, 0.2) is 65.6 Å². The molecule has 7 heteroatoms. The van der Waals surface area contributed by atoms with Gasteiger partial charge < -0.3 is 10.2 Å². The summed E-state index contributed by atoms with van der Waals surface area (Å²) in [5.74, 6) is -0.323. The number of nitrogens with one attached hydrogen (secondary N) is 2. The Balaban J connectivity index is 1.75. The predicted octanol–water partition coefficient (Wildman–Crippen LogP) is 5.19. The number of rotatable bonds is 9. The fraction of sp³-hybridized carbons (Fsp3) is 0.296. The van der Waals surface area contributed by atoms with Gasteiger partial charge in [0.1, 0.15) is 0 Å². The smallest absolute Gasteiger partial charge is 0.262 e. The molecule has 2 N–H and O–H groups in total. The summed E-state index contributed by atoms with van der Waals surface area (Å²) in [6.45, 7) is 11.9. The number of anilines is 2. The molecule has 0 saturated heterocycles. The van der Waals surface area contributed by atoms with Crippen molar-refractivity contribution in [1.29, 1.82) is 0 Å². The quantitative estimate of drug-likeness (QED) is 0.443. The Bertz CT molecular complexity index is 1260. The summed E-state index contributed by atoms with van der Waals surface area (Å²) in [4.78, 5) is 15.1. The number of carbonyl (C=O) groups excluding carboxylic acids is 1. The van der Waals surface area contributed by atoms with Crippen LogP contribution < -0.4 is 14.9 Å². The van der Waals surface area contributed by atoms with E-state index in [0.29, 0.717) is 23.4 Å². The fourth-order valence-corrected chi connectivity index (χ4v) is 5.17. The normalized spacial score (nSPS) is 11.2.